The summed E-state index contributed by atoms with van der Waals surface area (Å²) in [5.74, 6) is 4.65. The maximum atomic E-state index is 6.62. The summed E-state index contributed by atoms with van der Waals surface area (Å²) in [5, 5.41) is 0. The van der Waals surface area contributed by atoms with Crippen LogP contribution in [0.5, 0.6) is 0 Å². The first-order valence-electron chi connectivity index (χ1n) is 8.05. The average molecular weight is 335 g/mol. The van der Waals surface area contributed by atoms with Gasteiger partial charge in [-0.3, -0.25) is 4.98 Å². The van der Waals surface area contributed by atoms with Gasteiger partial charge in [-0.2, -0.15) is 0 Å². The lowest BCUT2D eigenvalue weighted by Crippen LogP contribution is -2.52. The van der Waals surface area contributed by atoms with Crippen LogP contribution in [0.4, 0.5) is 0 Å². The molecule has 5 rings (SSSR count). The van der Waals surface area contributed by atoms with E-state index >= 15 is 0 Å². The normalized spacial score (nSPS) is 40.0. The lowest BCUT2D eigenvalue weighted by Gasteiger charge is -2.56. The summed E-state index contributed by atoms with van der Waals surface area (Å²) in [6.07, 6.45) is 10.2. The number of halogens is 1. The summed E-state index contributed by atoms with van der Waals surface area (Å²) in [5.41, 5.74) is 7.77. The van der Waals surface area contributed by atoms with Crippen LogP contribution in [0.2, 0.25) is 0 Å². The molecule has 4 saturated carbocycles. The molecule has 4 fully saturated rings. The largest absolute Gasteiger partial charge is 0.327 e. The summed E-state index contributed by atoms with van der Waals surface area (Å²) in [4.78, 5) is 4.50. The zero-order valence-electron chi connectivity index (χ0n) is 11.8. The maximum absolute atomic E-state index is 6.62. The van der Waals surface area contributed by atoms with E-state index in [4.69, 9.17) is 5.73 Å². The minimum Gasteiger partial charge on any atom is -0.327 e. The Labute approximate surface area is 129 Å². The van der Waals surface area contributed by atoms with Gasteiger partial charge < -0.3 is 5.73 Å². The second kappa shape index (κ2) is 5.10. The van der Waals surface area contributed by atoms with Crippen LogP contribution >= 0.6 is 15.9 Å². The van der Waals surface area contributed by atoms with Crippen LogP contribution in [-0.2, 0) is 6.42 Å². The van der Waals surface area contributed by atoms with Crippen LogP contribution in [0.3, 0.4) is 0 Å². The topological polar surface area (TPSA) is 38.9 Å². The Kier molecular flexibility index (Phi) is 3.38. The molecule has 0 radical (unpaired) electrons. The van der Waals surface area contributed by atoms with E-state index in [1.807, 2.05) is 6.20 Å². The van der Waals surface area contributed by atoms with Crippen molar-refractivity contribution in [1.82, 2.24) is 4.98 Å². The van der Waals surface area contributed by atoms with E-state index in [1.54, 1.807) is 0 Å². The molecule has 0 spiro atoms. The highest BCUT2D eigenvalue weighted by Gasteiger charge is 2.49. The summed E-state index contributed by atoms with van der Waals surface area (Å²) in [7, 11) is 0. The van der Waals surface area contributed by atoms with E-state index in [1.165, 1.54) is 32.1 Å². The van der Waals surface area contributed by atoms with Gasteiger partial charge in [0.15, 0.2) is 0 Å². The molecule has 1 heterocycles. The third-order valence-corrected chi connectivity index (χ3v) is 6.50. The fourth-order valence-electron chi connectivity index (χ4n) is 5.57. The molecule has 2 nitrogen and oxygen atoms in total. The Morgan fingerprint density at radius 1 is 1.10 bits per heavy atom. The minimum absolute atomic E-state index is 0.304. The Morgan fingerprint density at radius 2 is 1.75 bits per heavy atom. The van der Waals surface area contributed by atoms with Crippen LogP contribution < -0.4 is 5.73 Å². The van der Waals surface area contributed by atoms with Crippen molar-refractivity contribution in [3.8, 4) is 0 Å². The molecule has 0 amide bonds. The molecule has 0 saturated heterocycles. The Bertz CT molecular complexity index is 456. The van der Waals surface area contributed by atoms with E-state index in [9.17, 15) is 0 Å². The number of hydrogen-bond acceptors (Lipinski definition) is 2. The number of pyridine rings is 1. The van der Waals surface area contributed by atoms with Crippen LogP contribution in [0.15, 0.2) is 22.8 Å². The van der Waals surface area contributed by atoms with Crippen LogP contribution in [-0.4, -0.2) is 11.0 Å². The van der Waals surface area contributed by atoms with Crippen molar-refractivity contribution in [3.05, 3.63) is 28.5 Å². The molecule has 108 valence electrons. The predicted octanol–water partition coefficient (Wildman–Crippen LogP) is 3.79. The molecule has 3 heteroatoms. The highest BCUT2D eigenvalue weighted by molar-refractivity contribution is 9.10. The van der Waals surface area contributed by atoms with Crippen molar-refractivity contribution < 1.29 is 0 Å². The van der Waals surface area contributed by atoms with Crippen molar-refractivity contribution in [2.45, 2.75) is 44.6 Å². The van der Waals surface area contributed by atoms with Crippen molar-refractivity contribution in [3.63, 3.8) is 0 Å². The van der Waals surface area contributed by atoms with Crippen LogP contribution in [0.25, 0.3) is 0 Å². The molecule has 0 aliphatic heterocycles. The molecule has 1 unspecified atom stereocenters. The van der Waals surface area contributed by atoms with Gasteiger partial charge in [0.2, 0.25) is 0 Å². The first-order chi connectivity index (χ1) is 9.69. The molecular formula is C17H23BrN2. The quantitative estimate of drug-likeness (QED) is 0.913. The fraction of sp³-hybridized carbons (Fsp3) is 0.706. The van der Waals surface area contributed by atoms with E-state index in [2.05, 4.69) is 33.0 Å². The fourth-order valence-corrected chi connectivity index (χ4v) is 5.81. The molecule has 4 bridgehead atoms. The molecule has 20 heavy (non-hydrogen) atoms. The molecule has 4 aliphatic rings. The maximum Gasteiger partial charge on any atom is 0.0420 e. The molecule has 1 aromatic heterocycles. The first kappa shape index (κ1) is 13.3. The third-order valence-electron chi connectivity index (χ3n) is 6.03. The third kappa shape index (κ3) is 2.33. The molecule has 1 aromatic rings. The van der Waals surface area contributed by atoms with E-state index in [0.717, 1.165) is 46.2 Å². The van der Waals surface area contributed by atoms with Gasteiger partial charge in [0.25, 0.3) is 0 Å². The molecule has 0 aromatic carbocycles. The standard InChI is InChI=1S/C17H23BrN2/c18-14-1-2-15(20-9-14)8-16(19)17-12-4-10-3-11(6-12)7-13(17)5-10/h1-2,9-13,16-17H,3-8,19H2. The highest BCUT2D eigenvalue weighted by atomic mass is 79.9. The summed E-state index contributed by atoms with van der Waals surface area (Å²) in [6.45, 7) is 0. The second-order valence-electron chi connectivity index (χ2n) is 7.34. The van der Waals surface area contributed by atoms with Gasteiger partial charge in [0.05, 0.1) is 0 Å². The number of aromatic nitrogens is 1. The van der Waals surface area contributed by atoms with Gasteiger partial charge in [-0.15, -0.1) is 0 Å². The second-order valence-corrected chi connectivity index (χ2v) is 8.26. The van der Waals surface area contributed by atoms with Gasteiger partial charge in [0, 0.05) is 28.8 Å². The smallest absolute Gasteiger partial charge is 0.0420 e. The van der Waals surface area contributed by atoms with Gasteiger partial charge in [-0.1, -0.05) is 0 Å². The van der Waals surface area contributed by atoms with Gasteiger partial charge in [-0.25, -0.2) is 0 Å². The van der Waals surface area contributed by atoms with Crippen molar-refractivity contribution in [2.75, 3.05) is 0 Å². The number of nitrogens with zero attached hydrogens (tertiary/aromatic N) is 1. The highest BCUT2D eigenvalue weighted by Crippen LogP contribution is 2.57. The first-order valence-corrected chi connectivity index (χ1v) is 8.84. The van der Waals surface area contributed by atoms with E-state index in [0.29, 0.717) is 6.04 Å². The van der Waals surface area contributed by atoms with Gasteiger partial charge in [-0.05, 0) is 89.8 Å². The molecule has 4 aliphatic carbocycles. The Balaban J connectivity index is 1.48. The van der Waals surface area contributed by atoms with E-state index < -0.39 is 0 Å². The summed E-state index contributed by atoms with van der Waals surface area (Å²) in [6, 6.07) is 4.49. The lowest BCUT2D eigenvalue weighted by atomic mass is 9.50. The van der Waals surface area contributed by atoms with Gasteiger partial charge in [0.1, 0.15) is 0 Å². The SMILES string of the molecule is NC(Cc1ccc(Br)cn1)C1C2CC3CC(C2)CC1C3. The Morgan fingerprint density at radius 3 is 2.30 bits per heavy atom. The van der Waals surface area contributed by atoms with Crippen molar-refractivity contribution in [2.24, 2.45) is 35.3 Å². The monoisotopic (exact) mass is 334 g/mol. The Hall–Kier alpha value is -0.410. The van der Waals surface area contributed by atoms with Crippen LogP contribution in [0, 0.1) is 29.6 Å². The van der Waals surface area contributed by atoms with Gasteiger partial charge >= 0.3 is 0 Å². The molecule has 2 N–H and O–H groups in total. The average Bonchev–Trinajstić information content (AvgIpc) is 2.40. The number of rotatable bonds is 3. The zero-order chi connectivity index (χ0) is 13.7. The van der Waals surface area contributed by atoms with Crippen molar-refractivity contribution >= 4 is 15.9 Å². The predicted molar refractivity (Wildman–Crippen MR) is 84.2 cm³/mol. The number of nitrogens with two attached hydrogens (primary N) is 1. The summed E-state index contributed by atoms with van der Waals surface area (Å²) < 4.78 is 1.05. The molecule has 1 atom stereocenters. The number of hydrogen-bond donors (Lipinski definition) is 1. The summed E-state index contributed by atoms with van der Waals surface area (Å²) >= 11 is 3.45. The minimum atomic E-state index is 0.304. The molecular weight excluding hydrogens is 312 g/mol. The lowest BCUT2D eigenvalue weighted by molar-refractivity contribution is -0.0465. The van der Waals surface area contributed by atoms with Crippen molar-refractivity contribution in [1.29, 1.82) is 0 Å². The van der Waals surface area contributed by atoms with Crippen LogP contribution in [0.1, 0.15) is 37.8 Å². The zero-order valence-corrected chi connectivity index (χ0v) is 13.4. The van der Waals surface area contributed by atoms with E-state index in [-0.39, 0.29) is 0 Å².